The van der Waals surface area contributed by atoms with E-state index < -0.39 is 22.3 Å². The second-order valence-electron chi connectivity index (χ2n) is 4.66. The van der Waals surface area contributed by atoms with Gasteiger partial charge in [0.2, 0.25) is 0 Å². The van der Waals surface area contributed by atoms with Crippen molar-refractivity contribution in [2.45, 2.75) is 0 Å². The zero-order valence-corrected chi connectivity index (χ0v) is 14.0. The third-order valence-corrected chi connectivity index (χ3v) is 3.38. The zero-order valence-electron chi connectivity index (χ0n) is 12.5. The number of carbonyl (C=O) groups excluding carboxylic acids is 1. The standard InChI is InChI=1S/C15H11Cl2N3O5/c16-10-2-4-14(11(17)6-10)25-8-15(22)19-18-7-9-1-3-13(21)12(5-9)20(23)24/h1-7,21H,8H2,(H,19,22)/b18-7-. The molecule has 1 amide bonds. The van der Waals surface area contributed by atoms with Crippen molar-refractivity contribution in [1.82, 2.24) is 5.43 Å². The molecule has 2 aromatic rings. The van der Waals surface area contributed by atoms with Gasteiger partial charge < -0.3 is 9.84 Å². The van der Waals surface area contributed by atoms with Gasteiger partial charge >= 0.3 is 5.69 Å². The number of hydrogen-bond acceptors (Lipinski definition) is 6. The highest BCUT2D eigenvalue weighted by Crippen LogP contribution is 2.27. The summed E-state index contributed by atoms with van der Waals surface area (Å²) in [5, 5.41) is 24.4. The molecule has 0 spiro atoms. The van der Waals surface area contributed by atoms with E-state index in [9.17, 15) is 20.0 Å². The molecule has 0 radical (unpaired) electrons. The largest absolute Gasteiger partial charge is 0.502 e. The topological polar surface area (TPSA) is 114 Å². The minimum atomic E-state index is -0.727. The van der Waals surface area contributed by atoms with Gasteiger partial charge in [-0.1, -0.05) is 23.2 Å². The van der Waals surface area contributed by atoms with Crippen molar-refractivity contribution >= 4 is 41.0 Å². The highest BCUT2D eigenvalue weighted by molar-refractivity contribution is 6.35. The molecule has 25 heavy (non-hydrogen) atoms. The molecular weight excluding hydrogens is 373 g/mol. The van der Waals surface area contributed by atoms with Gasteiger partial charge in [-0.15, -0.1) is 0 Å². The Morgan fingerprint density at radius 1 is 1.32 bits per heavy atom. The molecule has 0 unspecified atom stereocenters. The number of nitro groups is 1. The minimum absolute atomic E-state index is 0.264. The van der Waals surface area contributed by atoms with Crippen molar-refractivity contribution in [3.8, 4) is 11.5 Å². The summed E-state index contributed by atoms with van der Waals surface area (Å²) in [5.74, 6) is -0.727. The Kier molecular flexibility index (Phi) is 6.15. The number of phenolic OH excluding ortho intramolecular Hbond substituents is 1. The number of rotatable bonds is 6. The van der Waals surface area contributed by atoms with Crippen LogP contribution in [-0.4, -0.2) is 28.8 Å². The number of halogens is 2. The fourth-order valence-corrected chi connectivity index (χ4v) is 2.18. The highest BCUT2D eigenvalue weighted by Gasteiger charge is 2.12. The molecule has 2 rings (SSSR count). The van der Waals surface area contributed by atoms with Crippen molar-refractivity contribution in [3.05, 3.63) is 62.1 Å². The van der Waals surface area contributed by atoms with E-state index in [2.05, 4.69) is 10.5 Å². The van der Waals surface area contributed by atoms with Crippen LogP contribution in [0.4, 0.5) is 5.69 Å². The molecule has 0 aliphatic heterocycles. The molecule has 8 nitrogen and oxygen atoms in total. The number of aromatic hydroxyl groups is 1. The van der Waals surface area contributed by atoms with Crippen LogP contribution in [0.5, 0.6) is 11.5 Å². The molecule has 10 heteroatoms. The van der Waals surface area contributed by atoms with Gasteiger partial charge in [-0.05, 0) is 30.3 Å². The number of amides is 1. The number of nitrogens with one attached hydrogen (secondary N) is 1. The van der Waals surface area contributed by atoms with E-state index >= 15 is 0 Å². The van der Waals surface area contributed by atoms with E-state index in [1.807, 2.05) is 0 Å². The predicted molar refractivity (Wildman–Crippen MR) is 92.5 cm³/mol. The third kappa shape index (κ3) is 5.33. The summed E-state index contributed by atoms with van der Waals surface area (Å²) >= 11 is 11.7. The number of phenols is 1. The molecule has 0 saturated heterocycles. The van der Waals surface area contributed by atoms with E-state index in [4.69, 9.17) is 27.9 Å². The second-order valence-corrected chi connectivity index (χ2v) is 5.51. The molecular formula is C15H11Cl2N3O5. The smallest absolute Gasteiger partial charge is 0.311 e. The van der Waals surface area contributed by atoms with Crippen molar-refractivity contribution in [1.29, 1.82) is 0 Å². The molecule has 130 valence electrons. The Bertz CT molecular complexity index is 842. The summed E-state index contributed by atoms with van der Waals surface area (Å²) in [7, 11) is 0. The van der Waals surface area contributed by atoms with Gasteiger partial charge in [-0.3, -0.25) is 14.9 Å². The maximum Gasteiger partial charge on any atom is 0.311 e. The molecule has 0 saturated carbocycles. The first-order valence-corrected chi connectivity index (χ1v) is 7.49. The minimum Gasteiger partial charge on any atom is -0.502 e. The Hall–Kier alpha value is -2.84. The molecule has 0 aromatic heterocycles. The molecule has 2 N–H and O–H groups in total. The lowest BCUT2D eigenvalue weighted by Gasteiger charge is -2.06. The quantitative estimate of drug-likeness (QED) is 0.451. The molecule has 0 heterocycles. The molecule has 0 aliphatic rings. The first kappa shape index (κ1) is 18.5. The average molecular weight is 384 g/mol. The average Bonchev–Trinajstić information content (AvgIpc) is 2.55. The summed E-state index contributed by atoms with van der Waals surface area (Å²) in [6, 6.07) is 8.25. The fourth-order valence-electron chi connectivity index (χ4n) is 1.71. The Morgan fingerprint density at radius 3 is 2.76 bits per heavy atom. The van der Waals surface area contributed by atoms with Crippen molar-refractivity contribution in [2.24, 2.45) is 5.10 Å². The molecule has 0 bridgehead atoms. The van der Waals surface area contributed by atoms with E-state index in [-0.39, 0.29) is 11.6 Å². The third-order valence-electron chi connectivity index (χ3n) is 2.85. The van der Waals surface area contributed by atoms with Crippen LogP contribution in [-0.2, 0) is 4.79 Å². The lowest BCUT2D eigenvalue weighted by atomic mass is 10.2. The lowest BCUT2D eigenvalue weighted by molar-refractivity contribution is -0.385. The van der Waals surface area contributed by atoms with Crippen LogP contribution in [0.2, 0.25) is 10.0 Å². The van der Waals surface area contributed by atoms with E-state index in [0.29, 0.717) is 16.3 Å². The number of nitrogens with zero attached hydrogens (tertiary/aromatic N) is 2. The summed E-state index contributed by atoms with van der Waals surface area (Å²) in [5.41, 5.74) is 2.06. The molecule has 0 aliphatic carbocycles. The van der Waals surface area contributed by atoms with Crippen LogP contribution >= 0.6 is 23.2 Å². The Labute approximate surface area is 151 Å². The summed E-state index contributed by atoms with van der Waals surface area (Å²) in [6.07, 6.45) is 1.19. The second kappa shape index (κ2) is 8.32. The number of hydrogen-bond donors (Lipinski definition) is 2. The Morgan fingerprint density at radius 2 is 2.08 bits per heavy atom. The first-order chi connectivity index (χ1) is 11.9. The van der Waals surface area contributed by atoms with Gasteiger partial charge in [0, 0.05) is 16.7 Å². The van der Waals surface area contributed by atoms with E-state index in [1.165, 1.54) is 24.4 Å². The number of hydrazone groups is 1. The number of carbonyl (C=O) groups is 1. The van der Waals surface area contributed by atoms with Crippen LogP contribution in [0.3, 0.4) is 0 Å². The van der Waals surface area contributed by atoms with Gasteiger partial charge in [-0.25, -0.2) is 5.43 Å². The van der Waals surface area contributed by atoms with Crippen LogP contribution in [0.1, 0.15) is 5.56 Å². The SMILES string of the molecule is O=C(COc1ccc(Cl)cc1Cl)N/N=C\c1ccc(O)c([N+](=O)[O-])c1. The molecule has 0 fully saturated rings. The summed E-state index contributed by atoms with van der Waals surface area (Å²) in [4.78, 5) is 21.6. The fraction of sp³-hybridized carbons (Fsp3) is 0.0667. The normalized spacial score (nSPS) is 10.6. The van der Waals surface area contributed by atoms with Crippen LogP contribution in [0.25, 0.3) is 0 Å². The van der Waals surface area contributed by atoms with Gasteiger partial charge in [-0.2, -0.15) is 5.10 Å². The van der Waals surface area contributed by atoms with Crippen molar-refractivity contribution in [2.75, 3.05) is 6.61 Å². The predicted octanol–water partition coefficient (Wildman–Crippen LogP) is 3.14. The summed E-state index contributed by atoms with van der Waals surface area (Å²) in [6.45, 7) is -0.339. The van der Waals surface area contributed by atoms with Crippen LogP contribution < -0.4 is 10.2 Å². The monoisotopic (exact) mass is 383 g/mol. The highest BCUT2D eigenvalue weighted by atomic mass is 35.5. The van der Waals surface area contributed by atoms with Gasteiger partial charge in [0.05, 0.1) is 16.2 Å². The zero-order chi connectivity index (χ0) is 18.4. The first-order valence-electron chi connectivity index (χ1n) is 6.74. The number of ether oxygens (including phenoxy) is 1. The van der Waals surface area contributed by atoms with Gasteiger partial charge in [0.15, 0.2) is 12.4 Å². The van der Waals surface area contributed by atoms with Crippen LogP contribution in [0, 0.1) is 10.1 Å². The van der Waals surface area contributed by atoms with E-state index in [1.54, 1.807) is 6.07 Å². The lowest BCUT2D eigenvalue weighted by Crippen LogP contribution is -2.24. The van der Waals surface area contributed by atoms with E-state index in [0.717, 1.165) is 12.1 Å². The number of benzene rings is 2. The maximum absolute atomic E-state index is 11.6. The maximum atomic E-state index is 11.6. The molecule has 2 aromatic carbocycles. The Balaban J connectivity index is 1.90. The molecule has 0 atom stereocenters. The van der Waals surface area contributed by atoms with Crippen molar-refractivity contribution < 1.29 is 19.6 Å². The summed E-state index contributed by atoms with van der Waals surface area (Å²) < 4.78 is 5.22. The number of nitro benzene ring substituents is 1. The van der Waals surface area contributed by atoms with Gasteiger partial charge in [0.1, 0.15) is 5.75 Å². The van der Waals surface area contributed by atoms with Crippen molar-refractivity contribution in [3.63, 3.8) is 0 Å². The van der Waals surface area contributed by atoms with Gasteiger partial charge in [0.25, 0.3) is 5.91 Å². The van der Waals surface area contributed by atoms with Crippen LogP contribution in [0.15, 0.2) is 41.5 Å².